The Morgan fingerprint density at radius 1 is 1.00 bits per heavy atom. The molecule has 2 aromatic rings. The van der Waals surface area contributed by atoms with Crippen molar-refractivity contribution in [1.29, 1.82) is 0 Å². The van der Waals surface area contributed by atoms with Crippen molar-refractivity contribution in [2.24, 2.45) is 0 Å². The minimum Gasteiger partial charge on any atom is -0.443 e. The molecule has 0 saturated carbocycles. The lowest BCUT2D eigenvalue weighted by molar-refractivity contribution is 0.000377. The Morgan fingerprint density at radius 2 is 1.56 bits per heavy atom. The summed E-state index contributed by atoms with van der Waals surface area (Å²) < 4.78 is 5.24. The Hall–Kier alpha value is -3.41. The molecule has 0 radical (unpaired) electrons. The van der Waals surface area contributed by atoms with Crippen LogP contribution in [0.4, 0.5) is 4.79 Å². The maximum Gasteiger partial charge on any atom is 0.429 e. The molecule has 3 amide bonds. The molecule has 0 atom stereocenters. The molecule has 6 nitrogen and oxygen atoms in total. The summed E-state index contributed by atoms with van der Waals surface area (Å²) in [5.74, 6) is -1.11. The van der Waals surface area contributed by atoms with Crippen LogP contribution in [0.15, 0.2) is 67.3 Å². The molecule has 0 aromatic heterocycles. The summed E-state index contributed by atoms with van der Waals surface area (Å²) in [4.78, 5) is 37.5. The number of nitrogens with zero attached hydrogens (tertiary/aromatic N) is 2. The van der Waals surface area contributed by atoms with Crippen LogP contribution < -0.4 is 0 Å². The first-order chi connectivity index (χ1) is 12.1. The number of hydrogen-bond donors (Lipinski definition) is 0. The van der Waals surface area contributed by atoms with E-state index in [1.807, 2.05) is 30.3 Å². The number of fused-ring (bicyclic) bond motifs is 1. The van der Waals surface area contributed by atoms with E-state index in [-0.39, 0.29) is 24.3 Å². The second kappa shape index (κ2) is 7.00. The van der Waals surface area contributed by atoms with Gasteiger partial charge in [-0.05, 0) is 17.7 Å². The van der Waals surface area contributed by atoms with Gasteiger partial charge in [-0.3, -0.25) is 9.59 Å². The van der Waals surface area contributed by atoms with Crippen LogP contribution >= 0.6 is 0 Å². The lowest BCUT2D eigenvalue weighted by atomic mass is 10.1. The van der Waals surface area contributed by atoms with Crippen molar-refractivity contribution in [3.8, 4) is 0 Å². The highest BCUT2D eigenvalue weighted by atomic mass is 16.6. The van der Waals surface area contributed by atoms with Crippen molar-refractivity contribution in [2.75, 3.05) is 6.54 Å². The van der Waals surface area contributed by atoms with Gasteiger partial charge in [0, 0.05) is 0 Å². The van der Waals surface area contributed by atoms with Crippen LogP contribution in [-0.4, -0.2) is 34.5 Å². The number of amides is 3. The fraction of sp³-hybridized carbons (Fsp3) is 0.105. The van der Waals surface area contributed by atoms with Gasteiger partial charge in [0.15, 0.2) is 0 Å². The van der Waals surface area contributed by atoms with Crippen LogP contribution in [0.3, 0.4) is 0 Å². The third-order valence-electron chi connectivity index (χ3n) is 3.73. The molecule has 0 unspecified atom stereocenters. The van der Waals surface area contributed by atoms with Gasteiger partial charge in [0.2, 0.25) is 0 Å². The van der Waals surface area contributed by atoms with E-state index < -0.39 is 17.9 Å². The van der Waals surface area contributed by atoms with Crippen molar-refractivity contribution in [3.05, 3.63) is 83.9 Å². The van der Waals surface area contributed by atoms with Gasteiger partial charge in [0.05, 0.1) is 17.7 Å². The highest BCUT2D eigenvalue weighted by molar-refractivity contribution is 6.21. The molecule has 0 N–H and O–H groups in total. The summed E-state index contributed by atoms with van der Waals surface area (Å²) in [5, 5.41) is 1.76. The van der Waals surface area contributed by atoms with Gasteiger partial charge < -0.3 is 4.74 Å². The largest absolute Gasteiger partial charge is 0.443 e. The van der Waals surface area contributed by atoms with Crippen molar-refractivity contribution >= 4 is 17.9 Å². The fourth-order valence-corrected chi connectivity index (χ4v) is 2.55. The fourth-order valence-electron chi connectivity index (χ4n) is 2.55. The minimum absolute atomic E-state index is 0.0287. The zero-order valence-corrected chi connectivity index (χ0v) is 13.4. The third kappa shape index (κ3) is 3.14. The van der Waals surface area contributed by atoms with Gasteiger partial charge >= 0.3 is 6.09 Å². The van der Waals surface area contributed by atoms with E-state index in [4.69, 9.17) is 4.74 Å². The van der Waals surface area contributed by atoms with Crippen LogP contribution in [0, 0.1) is 0 Å². The molecule has 6 heteroatoms. The molecule has 126 valence electrons. The van der Waals surface area contributed by atoms with E-state index in [2.05, 4.69) is 6.58 Å². The second-order valence-electron chi connectivity index (χ2n) is 5.38. The third-order valence-corrected chi connectivity index (χ3v) is 3.73. The number of carbonyl (C=O) groups excluding carboxylic acids is 3. The van der Waals surface area contributed by atoms with Crippen molar-refractivity contribution in [3.63, 3.8) is 0 Å². The van der Waals surface area contributed by atoms with Crippen LogP contribution in [0.1, 0.15) is 26.3 Å². The molecular formula is C19H16N2O4. The molecule has 1 heterocycles. The summed E-state index contributed by atoms with van der Waals surface area (Å²) in [6.45, 7) is 3.58. The number of hydrazine groups is 1. The van der Waals surface area contributed by atoms with Gasteiger partial charge in [-0.15, -0.1) is 6.58 Å². The molecular weight excluding hydrogens is 320 g/mol. The SMILES string of the molecule is C=CCN(C(=O)OCc1ccccc1)N1C(=O)c2ccccc2C1=O. The molecule has 1 aliphatic rings. The molecule has 0 aliphatic carbocycles. The summed E-state index contributed by atoms with van der Waals surface area (Å²) in [6, 6.07) is 15.6. The average molecular weight is 336 g/mol. The first-order valence-corrected chi connectivity index (χ1v) is 7.70. The number of hydrogen-bond acceptors (Lipinski definition) is 4. The van der Waals surface area contributed by atoms with Gasteiger partial charge in [-0.25, -0.2) is 9.80 Å². The number of benzene rings is 2. The Labute approximate surface area is 144 Å². The van der Waals surface area contributed by atoms with Gasteiger partial charge in [-0.2, -0.15) is 5.01 Å². The molecule has 0 spiro atoms. The Morgan fingerprint density at radius 3 is 2.12 bits per heavy atom. The predicted molar refractivity (Wildman–Crippen MR) is 90.5 cm³/mol. The van der Waals surface area contributed by atoms with Crippen LogP contribution in [-0.2, 0) is 11.3 Å². The number of imide groups is 1. The number of carbonyl (C=O) groups is 3. The van der Waals surface area contributed by atoms with Gasteiger partial charge in [-0.1, -0.05) is 48.5 Å². The monoisotopic (exact) mass is 336 g/mol. The number of rotatable bonds is 5. The topological polar surface area (TPSA) is 66.9 Å². The Kier molecular flexibility index (Phi) is 4.61. The van der Waals surface area contributed by atoms with Crippen LogP contribution in [0.2, 0.25) is 0 Å². The second-order valence-corrected chi connectivity index (χ2v) is 5.38. The Bertz CT molecular complexity index is 797. The minimum atomic E-state index is -0.793. The molecule has 0 bridgehead atoms. The number of ether oxygens (including phenoxy) is 1. The average Bonchev–Trinajstić information content (AvgIpc) is 2.90. The van der Waals surface area contributed by atoms with Crippen molar-refractivity contribution < 1.29 is 19.1 Å². The first kappa shape index (κ1) is 16.4. The Balaban J connectivity index is 1.79. The molecule has 1 aliphatic heterocycles. The summed E-state index contributed by atoms with van der Waals surface area (Å²) in [6.07, 6.45) is 0.631. The molecule has 25 heavy (non-hydrogen) atoms. The normalized spacial score (nSPS) is 12.7. The summed E-state index contributed by atoms with van der Waals surface area (Å²) in [5.41, 5.74) is 1.33. The zero-order valence-electron chi connectivity index (χ0n) is 13.4. The summed E-state index contributed by atoms with van der Waals surface area (Å²) in [7, 11) is 0. The van der Waals surface area contributed by atoms with Crippen LogP contribution in [0.5, 0.6) is 0 Å². The summed E-state index contributed by atoms with van der Waals surface area (Å²) >= 11 is 0. The smallest absolute Gasteiger partial charge is 0.429 e. The molecule has 0 fully saturated rings. The van der Waals surface area contributed by atoms with Gasteiger partial charge in [0.25, 0.3) is 11.8 Å². The van der Waals surface area contributed by atoms with E-state index in [0.29, 0.717) is 0 Å². The lowest BCUT2D eigenvalue weighted by Crippen LogP contribution is -2.49. The molecule has 0 saturated heterocycles. The predicted octanol–water partition coefficient (Wildman–Crippen LogP) is 3.02. The van der Waals surface area contributed by atoms with Crippen molar-refractivity contribution in [2.45, 2.75) is 6.61 Å². The van der Waals surface area contributed by atoms with E-state index in [1.54, 1.807) is 24.3 Å². The highest BCUT2D eigenvalue weighted by Gasteiger charge is 2.41. The van der Waals surface area contributed by atoms with Gasteiger partial charge in [0.1, 0.15) is 6.61 Å². The maximum absolute atomic E-state index is 12.5. The van der Waals surface area contributed by atoms with E-state index in [0.717, 1.165) is 15.6 Å². The lowest BCUT2D eigenvalue weighted by Gasteiger charge is -2.28. The first-order valence-electron chi connectivity index (χ1n) is 7.70. The van der Waals surface area contributed by atoms with E-state index in [9.17, 15) is 14.4 Å². The van der Waals surface area contributed by atoms with E-state index in [1.165, 1.54) is 6.08 Å². The van der Waals surface area contributed by atoms with Crippen molar-refractivity contribution in [1.82, 2.24) is 10.0 Å². The molecule has 2 aromatic carbocycles. The van der Waals surface area contributed by atoms with Crippen LogP contribution in [0.25, 0.3) is 0 Å². The van der Waals surface area contributed by atoms with E-state index >= 15 is 0 Å². The zero-order chi connectivity index (χ0) is 17.8. The standard InChI is InChI=1S/C19H16N2O4/c1-2-12-20(19(24)25-13-14-8-4-3-5-9-14)21-17(22)15-10-6-7-11-16(15)18(21)23/h2-11H,1,12-13H2. The highest BCUT2D eigenvalue weighted by Crippen LogP contribution is 2.24. The maximum atomic E-state index is 12.5. The quantitative estimate of drug-likeness (QED) is 0.622. The molecule has 3 rings (SSSR count).